The van der Waals surface area contributed by atoms with E-state index in [9.17, 15) is 4.79 Å². The Balaban J connectivity index is 3.14. The van der Waals surface area contributed by atoms with Gasteiger partial charge in [-0.2, -0.15) is 5.26 Å². The molecular weight excluding hydrogens is 154 g/mol. The van der Waals surface area contributed by atoms with Crippen molar-refractivity contribution in [1.82, 2.24) is 9.55 Å². The Bertz CT molecular complexity index is 377. The Labute approximate surface area is 69.8 Å². The highest BCUT2D eigenvalue weighted by Gasteiger charge is 1.99. The molecule has 62 valence electrons. The van der Waals surface area contributed by atoms with Gasteiger partial charge in [0.15, 0.2) is 0 Å². The Morgan fingerprint density at radius 1 is 1.92 bits per heavy atom. The SMILES string of the molecule is CCC=C(C#N)n1cc[nH]c1=O. The molecule has 4 heteroatoms. The molecule has 1 N–H and O–H groups in total. The van der Waals surface area contributed by atoms with Gasteiger partial charge in [-0.3, -0.25) is 4.57 Å². The second-order valence-electron chi connectivity index (χ2n) is 2.24. The summed E-state index contributed by atoms with van der Waals surface area (Å²) in [5.74, 6) is 0. The van der Waals surface area contributed by atoms with Gasteiger partial charge in [-0.25, -0.2) is 4.79 Å². The highest BCUT2D eigenvalue weighted by Crippen LogP contribution is 1.99. The fourth-order valence-corrected chi connectivity index (χ4v) is 0.901. The number of H-pyrrole nitrogens is 1. The minimum Gasteiger partial charge on any atom is -0.312 e. The maximum atomic E-state index is 11.0. The van der Waals surface area contributed by atoms with E-state index in [1.54, 1.807) is 6.08 Å². The number of rotatable bonds is 2. The van der Waals surface area contributed by atoms with Crippen LogP contribution in [0.2, 0.25) is 0 Å². The van der Waals surface area contributed by atoms with E-state index in [0.29, 0.717) is 5.70 Å². The molecule has 12 heavy (non-hydrogen) atoms. The largest absolute Gasteiger partial charge is 0.330 e. The van der Waals surface area contributed by atoms with Crippen molar-refractivity contribution in [1.29, 1.82) is 5.26 Å². The molecule has 1 heterocycles. The summed E-state index contributed by atoms with van der Waals surface area (Å²) in [6, 6.07) is 1.95. The average Bonchev–Trinajstić information content (AvgIpc) is 2.47. The minimum atomic E-state index is -0.281. The number of aromatic nitrogens is 2. The van der Waals surface area contributed by atoms with Crippen molar-refractivity contribution in [2.24, 2.45) is 0 Å². The molecule has 0 spiro atoms. The quantitative estimate of drug-likeness (QED) is 0.660. The van der Waals surface area contributed by atoms with Crippen LogP contribution in [0.5, 0.6) is 0 Å². The Hall–Kier alpha value is -1.76. The van der Waals surface area contributed by atoms with Crippen molar-refractivity contribution >= 4 is 5.70 Å². The number of allylic oxidation sites excluding steroid dienone is 2. The fourth-order valence-electron chi connectivity index (χ4n) is 0.901. The van der Waals surface area contributed by atoms with E-state index in [1.165, 1.54) is 17.0 Å². The molecule has 0 saturated heterocycles. The van der Waals surface area contributed by atoms with Crippen LogP contribution in [0.1, 0.15) is 13.3 Å². The van der Waals surface area contributed by atoms with Gasteiger partial charge in [0.2, 0.25) is 0 Å². The molecule has 0 aliphatic heterocycles. The van der Waals surface area contributed by atoms with E-state index in [1.807, 2.05) is 13.0 Å². The monoisotopic (exact) mass is 163 g/mol. The van der Waals surface area contributed by atoms with E-state index >= 15 is 0 Å². The first kappa shape index (κ1) is 8.34. The molecule has 0 aliphatic carbocycles. The van der Waals surface area contributed by atoms with E-state index in [0.717, 1.165) is 6.42 Å². The molecule has 1 aromatic rings. The molecule has 0 aliphatic rings. The summed E-state index contributed by atoms with van der Waals surface area (Å²) in [4.78, 5) is 13.5. The summed E-state index contributed by atoms with van der Waals surface area (Å²) in [7, 11) is 0. The van der Waals surface area contributed by atoms with Gasteiger partial charge < -0.3 is 4.98 Å². The van der Waals surface area contributed by atoms with Crippen LogP contribution in [0.3, 0.4) is 0 Å². The molecule has 0 unspecified atom stereocenters. The van der Waals surface area contributed by atoms with E-state index in [2.05, 4.69) is 4.98 Å². The summed E-state index contributed by atoms with van der Waals surface area (Å²) in [6.07, 6.45) is 5.48. The highest BCUT2D eigenvalue weighted by molar-refractivity contribution is 5.59. The van der Waals surface area contributed by atoms with Crippen LogP contribution in [0.15, 0.2) is 23.3 Å². The number of hydrogen-bond donors (Lipinski definition) is 1. The van der Waals surface area contributed by atoms with Crippen LogP contribution in [-0.2, 0) is 0 Å². The number of nitrogens with zero attached hydrogens (tertiary/aromatic N) is 2. The molecular formula is C8H9N3O. The lowest BCUT2D eigenvalue weighted by molar-refractivity contribution is 1.01. The zero-order valence-electron chi connectivity index (χ0n) is 6.74. The first-order valence-electron chi connectivity index (χ1n) is 3.66. The van der Waals surface area contributed by atoms with Crippen LogP contribution < -0.4 is 5.69 Å². The van der Waals surface area contributed by atoms with Gasteiger partial charge >= 0.3 is 5.69 Å². The standard InChI is InChI=1S/C8H9N3O/c1-2-3-7(6-9)11-5-4-10-8(11)12/h3-5H,2H2,1H3,(H,10,12). The molecule has 0 amide bonds. The number of aromatic amines is 1. The molecule has 0 radical (unpaired) electrons. The lowest BCUT2D eigenvalue weighted by Crippen LogP contribution is -2.14. The first-order chi connectivity index (χ1) is 5.79. The van der Waals surface area contributed by atoms with Gasteiger partial charge in [0.25, 0.3) is 0 Å². The third-order valence-electron chi connectivity index (χ3n) is 1.42. The predicted octanol–water partition coefficient (Wildman–Crippen LogP) is 0.951. The number of nitrogens with one attached hydrogen (secondary N) is 1. The molecule has 0 atom stereocenters. The lowest BCUT2D eigenvalue weighted by atomic mass is 10.3. The lowest BCUT2D eigenvalue weighted by Gasteiger charge is -1.94. The highest BCUT2D eigenvalue weighted by atomic mass is 16.1. The van der Waals surface area contributed by atoms with Crippen molar-refractivity contribution in [3.8, 4) is 6.07 Å². The summed E-state index contributed by atoms with van der Waals surface area (Å²) in [5, 5.41) is 8.66. The minimum absolute atomic E-state index is 0.281. The van der Waals surface area contributed by atoms with Gasteiger partial charge in [-0.15, -0.1) is 0 Å². The second kappa shape index (κ2) is 3.58. The topological polar surface area (TPSA) is 61.6 Å². The maximum Gasteiger partial charge on any atom is 0.330 e. The second-order valence-corrected chi connectivity index (χ2v) is 2.24. The molecule has 1 rings (SSSR count). The normalized spacial score (nSPS) is 11.2. The fraction of sp³-hybridized carbons (Fsp3) is 0.250. The molecule has 0 aromatic carbocycles. The van der Waals surface area contributed by atoms with Gasteiger partial charge in [0.05, 0.1) is 0 Å². The molecule has 0 bridgehead atoms. The zero-order chi connectivity index (χ0) is 8.97. The third-order valence-corrected chi connectivity index (χ3v) is 1.42. The van der Waals surface area contributed by atoms with Crippen molar-refractivity contribution in [2.45, 2.75) is 13.3 Å². The van der Waals surface area contributed by atoms with Gasteiger partial charge in [0.1, 0.15) is 11.8 Å². The smallest absolute Gasteiger partial charge is 0.312 e. The molecule has 1 aromatic heterocycles. The molecule has 4 nitrogen and oxygen atoms in total. The average molecular weight is 163 g/mol. The Kier molecular flexibility index (Phi) is 2.49. The number of hydrogen-bond acceptors (Lipinski definition) is 2. The summed E-state index contributed by atoms with van der Waals surface area (Å²) in [5.41, 5.74) is 0.0833. The number of imidazole rings is 1. The van der Waals surface area contributed by atoms with Crippen LogP contribution in [-0.4, -0.2) is 9.55 Å². The van der Waals surface area contributed by atoms with Crippen molar-refractivity contribution in [3.63, 3.8) is 0 Å². The van der Waals surface area contributed by atoms with Gasteiger partial charge in [-0.05, 0) is 12.5 Å². The summed E-state index contributed by atoms with van der Waals surface area (Å²) < 4.78 is 1.28. The van der Waals surface area contributed by atoms with Crippen LogP contribution in [0.25, 0.3) is 5.70 Å². The Morgan fingerprint density at radius 3 is 3.08 bits per heavy atom. The first-order valence-corrected chi connectivity index (χ1v) is 3.66. The van der Waals surface area contributed by atoms with Gasteiger partial charge in [-0.1, -0.05) is 6.92 Å². The number of nitriles is 1. The van der Waals surface area contributed by atoms with Crippen molar-refractivity contribution < 1.29 is 0 Å². The zero-order valence-corrected chi connectivity index (χ0v) is 6.74. The third kappa shape index (κ3) is 1.45. The Morgan fingerprint density at radius 2 is 2.67 bits per heavy atom. The molecule has 0 saturated carbocycles. The van der Waals surface area contributed by atoms with Crippen molar-refractivity contribution in [3.05, 3.63) is 29.0 Å². The van der Waals surface area contributed by atoms with Crippen LogP contribution >= 0.6 is 0 Å². The van der Waals surface area contributed by atoms with E-state index < -0.39 is 0 Å². The van der Waals surface area contributed by atoms with Crippen LogP contribution in [0, 0.1) is 11.3 Å². The summed E-state index contributed by atoms with van der Waals surface area (Å²) in [6.45, 7) is 1.91. The van der Waals surface area contributed by atoms with Crippen LogP contribution in [0.4, 0.5) is 0 Å². The van der Waals surface area contributed by atoms with E-state index in [4.69, 9.17) is 5.26 Å². The summed E-state index contributed by atoms with van der Waals surface area (Å²) >= 11 is 0. The predicted molar refractivity (Wildman–Crippen MR) is 45.2 cm³/mol. The maximum absolute atomic E-state index is 11.0. The van der Waals surface area contributed by atoms with Gasteiger partial charge in [0, 0.05) is 12.4 Å². The molecule has 0 fully saturated rings. The van der Waals surface area contributed by atoms with Crippen molar-refractivity contribution in [2.75, 3.05) is 0 Å². The van der Waals surface area contributed by atoms with E-state index in [-0.39, 0.29) is 5.69 Å².